The third-order valence-corrected chi connectivity index (χ3v) is 1.18. The number of nitrogens with two attached hydrogens (primary N) is 1. The molecule has 0 radical (unpaired) electrons. The maximum atomic E-state index is 4.96. The van der Waals surface area contributed by atoms with E-state index in [0.29, 0.717) is 11.5 Å². The predicted molar refractivity (Wildman–Crippen MR) is 40.9 cm³/mol. The molecule has 0 aliphatic carbocycles. The minimum absolute atomic E-state index is 0.605. The molecule has 0 unspecified atom stereocenters. The van der Waals surface area contributed by atoms with Crippen molar-refractivity contribution in [1.29, 1.82) is 0 Å². The summed E-state index contributed by atoms with van der Waals surface area (Å²) in [5, 5.41) is 0. The van der Waals surface area contributed by atoms with Crippen LogP contribution in [0.4, 0.5) is 0 Å². The molecule has 0 bridgehead atoms. The molecule has 1 aromatic carbocycles. The lowest BCUT2D eigenvalue weighted by atomic mass is 10.3. The first-order valence-electron chi connectivity index (χ1n) is 3.17. The lowest BCUT2D eigenvalue weighted by Crippen LogP contribution is -2.10. The van der Waals surface area contributed by atoms with Crippen LogP contribution in [-0.4, -0.2) is 7.05 Å². The van der Waals surface area contributed by atoms with Crippen LogP contribution in [0.2, 0.25) is 0 Å². The molecule has 0 fully saturated rings. The number of hydroxylamine groups is 1. The minimum Gasteiger partial charge on any atom is -0.412 e. The summed E-state index contributed by atoms with van der Waals surface area (Å²) in [5.41, 5.74) is 2.55. The lowest BCUT2D eigenvalue weighted by molar-refractivity contribution is 0.223. The summed E-state index contributed by atoms with van der Waals surface area (Å²) in [4.78, 5) is 9.43. The van der Waals surface area contributed by atoms with Crippen LogP contribution in [0.25, 0.3) is 0 Å². The maximum absolute atomic E-state index is 4.96. The molecule has 0 atom stereocenters. The Morgan fingerprint density at radius 3 is 2.18 bits per heavy atom. The van der Waals surface area contributed by atoms with Crippen molar-refractivity contribution in [2.24, 2.45) is 5.90 Å². The molecule has 0 aliphatic heterocycles. The topological polar surface area (TPSA) is 56.5 Å². The maximum Gasteiger partial charge on any atom is 0.147 e. The van der Waals surface area contributed by atoms with Gasteiger partial charge >= 0.3 is 0 Å². The predicted octanol–water partition coefficient (Wildman–Crippen LogP) is 0.452. The molecule has 11 heavy (non-hydrogen) atoms. The summed E-state index contributed by atoms with van der Waals surface area (Å²) in [6, 6.07) is 6.93. The molecule has 4 heteroatoms. The Bertz CT molecular complexity index is 210. The molecule has 0 saturated carbocycles. The molecule has 0 aliphatic rings. The highest BCUT2D eigenvalue weighted by molar-refractivity contribution is 5.30. The zero-order valence-corrected chi connectivity index (χ0v) is 6.20. The molecular weight excluding hydrogens is 144 g/mol. The van der Waals surface area contributed by atoms with Gasteiger partial charge in [0.2, 0.25) is 0 Å². The monoisotopic (exact) mass is 154 g/mol. The Balaban J connectivity index is 2.66. The average Bonchev–Trinajstić information content (AvgIpc) is 2.07. The van der Waals surface area contributed by atoms with Gasteiger partial charge in [-0.1, -0.05) is 0 Å². The van der Waals surface area contributed by atoms with Gasteiger partial charge in [-0.15, -0.1) is 0 Å². The molecule has 4 nitrogen and oxygen atoms in total. The van der Waals surface area contributed by atoms with Crippen LogP contribution < -0.4 is 21.1 Å². The molecule has 0 saturated heterocycles. The summed E-state index contributed by atoms with van der Waals surface area (Å²) in [6.07, 6.45) is 0. The van der Waals surface area contributed by atoms with E-state index in [1.807, 2.05) is 0 Å². The summed E-state index contributed by atoms with van der Waals surface area (Å²) in [7, 11) is 1.69. The van der Waals surface area contributed by atoms with Gasteiger partial charge in [-0.2, -0.15) is 11.4 Å². The molecule has 0 aromatic heterocycles. The van der Waals surface area contributed by atoms with Crippen molar-refractivity contribution in [1.82, 2.24) is 5.48 Å². The van der Waals surface area contributed by atoms with E-state index in [9.17, 15) is 0 Å². The second kappa shape index (κ2) is 3.80. The Morgan fingerprint density at radius 1 is 1.18 bits per heavy atom. The lowest BCUT2D eigenvalue weighted by Gasteiger charge is -2.02. The fraction of sp³-hybridized carbons (Fsp3) is 0.143. The zero-order chi connectivity index (χ0) is 8.10. The quantitative estimate of drug-likeness (QED) is 0.621. The summed E-state index contributed by atoms with van der Waals surface area (Å²) >= 11 is 0. The van der Waals surface area contributed by atoms with Crippen LogP contribution in [0, 0.1) is 0 Å². The molecule has 0 spiro atoms. The number of nitrogens with one attached hydrogen (secondary N) is 1. The first-order valence-corrected chi connectivity index (χ1v) is 3.17. The van der Waals surface area contributed by atoms with E-state index in [2.05, 4.69) is 10.3 Å². The SMILES string of the molecule is CNOc1ccc(ON)cc1. The highest BCUT2D eigenvalue weighted by atomic mass is 16.6. The number of hydrogen-bond acceptors (Lipinski definition) is 4. The molecular formula is C7H10N2O2. The van der Waals surface area contributed by atoms with Gasteiger partial charge in [-0.3, -0.25) is 0 Å². The summed E-state index contributed by atoms with van der Waals surface area (Å²) < 4.78 is 0. The van der Waals surface area contributed by atoms with E-state index in [1.165, 1.54) is 0 Å². The largest absolute Gasteiger partial charge is 0.412 e. The molecule has 1 aromatic rings. The normalized spacial score (nSPS) is 9.27. The van der Waals surface area contributed by atoms with Crippen LogP contribution in [-0.2, 0) is 0 Å². The average molecular weight is 154 g/mol. The van der Waals surface area contributed by atoms with Gasteiger partial charge in [-0.05, 0) is 24.3 Å². The van der Waals surface area contributed by atoms with Crippen molar-refractivity contribution >= 4 is 0 Å². The van der Waals surface area contributed by atoms with Crippen LogP contribution in [0.3, 0.4) is 0 Å². The zero-order valence-electron chi connectivity index (χ0n) is 6.20. The van der Waals surface area contributed by atoms with Gasteiger partial charge in [0.25, 0.3) is 0 Å². The fourth-order valence-electron chi connectivity index (χ4n) is 0.704. The molecule has 0 heterocycles. The van der Waals surface area contributed by atoms with Crippen molar-refractivity contribution in [3.05, 3.63) is 24.3 Å². The first-order chi connectivity index (χ1) is 5.36. The van der Waals surface area contributed by atoms with E-state index in [1.54, 1.807) is 31.3 Å². The van der Waals surface area contributed by atoms with E-state index in [-0.39, 0.29) is 0 Å². The highest BCUT2D eigenvalue weighted by Gasteiger charge is 1.92. The third-order valence-electron chi connectivity index (χ3n) is 1.18. The van der Waals surface area contributed by atoms with E-state index in [0.717, 1.165) is 0 Å². The molecule has 60 valence electrons. The van der Waals surface area contributed by atoms with Crippen molar-refractivity contribution in [3.8, 4) is 11.5 Å². The van der Waals surface area contributed by atoms with E-state index < -0.39 is 0 Å². The summed E-state index contributed by atoms with van der Waals surface area (Å²) in [6.45, 7) is 0. The van der Waals surface area contributed by atoms with Crippen molar-refractivity contribution in [3.63, 3.8) is 0 Å². The summed E-state index contributed by atoms with van der Waals surface area (Å²) in [5.74, 6) is 6.24. The Hall–Kier alpha value is -1.26. The number of benzene rings is 1. The van der Waals surface area contributed by atoms with Gasteiger partial charge in [-0.25, -0.2) is 0 Å². The Labute approximate surface area is 64.8 Å². The third kappa shape index (κ3) is 2.10. The fourth-order valence-corrected chi connectivity index (χ4v) is 0.704. The van der Waals surface area contributed by atoms with Gasteiger partial charge in [0, 0.05) is 7.05 Å². The molecule has 0 amide bonds. The smallest absolute Gasteiger partial charge is 0.147 e. The van der Waals surface area contributed by atoms with Crippen molar-refractivity contribution in [2.75, 3.05) is 7.05 Å². The Kier molecular flexibility index (Phi) is 2.71. The van der Waals surface area contributed by atoms with Crippen LogP contribution >= 0.6 is 0 Å². The van der Waals surface area contributed by atoms with Gasteiger partial charge in [0.15, 0.2) is 0 Å². The highest BCUT2D eigenvalue weighted by Crippen LogP contribution is 2.15. The minimum atomic E-state index is 0.605. The van der Waals surface area contributed by atoms with E-state index in [4.69, 9.17) is 10.7 Å². The first kappa shape index (κ1) is 7.84. The van der Waals surface area contributed by atoms with Crippen LogP contribution in [0.1, 0.15) is 0 Å². The number of rotatable bonds is 3. The number of hydrogen-bond donors (Lipinski definition) is 2. The van der Waals surface area contributed by atoms with Gasteiger partial charge in [0.05, 0.1) is 0 Å². The van der Waals surface area contributed by atoms with Crippen LogP contribution in [0.5, 0.6) is 11.5 Å². The van der Waals surface area contributed by atoms with Crippen molar-refractivity contribution < 1.29 is 9.68 Å². The second-order valence-electron chi connectivity index (χ2n) is 1.90. The van der Waals surface area contributed by atoms with Crippen LogP contribution in [0.15, 0.2) is 24.3 Å². The van der Waals surface area contributed by atoms with E-state index >= 15 is 0 Å². The van der Waals surface area contributed by atoms with Gasteiger partial charge in [0.1, 0.15) is 11.5 Å². The second-order valence-corrected chi connectivity index (χ2v) is 1.90. The molecule has 1 rings (SSSR count). The molecule has 3 N–H and O–H groups in total. The van der Waals surface area contributed by atoms with Gasteiger partial charge < -0.3 is 9.68 Å². The standard InChI is InChI=1S/C7H10N2O2/c1-9-11-7-4-2-6(10-8)3-5-7/h2-5,9H,8H2,1H3. The Morgan fingerprint density at radius 2 is 1.73 bits per heavy atom. The van der Waals surface area contributed by atoms with Crippen molar-refractivity contribution in [2.45, 2.75) is 0 Å².